The maximum atomic E-state index is 13.1. The molecule has 1 saturated heterocycles. The highest BCUT2D eigenvalue weighted by molar-refractivity contribution is 5.94. The van der Waals surface area contributed by atoms with Gasteiger partial charge in [0.15, 0.2) is 5.96 Å². The van der Waals surface area contributed by atoms with Crippen molar-refractivity contribution in [3.63, 3.8) is 0 Å². The van der Waals surface area contributed by atoms with E-state index in [-0.39, 0.29) is 18.3 Å². The number of carbonyl (C=O) groups is 1. The minimum Gasteiger partial charge on any atom is -0.355 e. The number of likely N-dealkylation sites (tertiary alicyclic amines) is 1. The van der Waals surface area contributed by atoms with Crippen molar-refractivity contribution in [1.82, 2.24) is 15.5 Å². The second-order valence-corrected chi connectivity index (χ2v) is 6.50. The zero-order valence-electron chi connectivity index (χ0n) is 15.7. The monoisotopic (exact) mass is 363 g/mol. The molecule has 0 saturated carbocycles. The zero-order valence-corrected chi connectivity index (χ0v) is 15.7. The van der Waals surface area contributed by atoms with Gasteiger partial charge in [-0.3, -0.25) is 14.7 Å². The summed E-state index contributed by atoms with van der Waals surface area (Å²) in [7, 11) is 1.68. The van der Waals surface area contributed by atoms with Gasteiger partial charge in [0.25, 0.3) is 0 Å². The van der Waals surface area contributed by atoms with E-state index >= 15 is 0 Å². The van der Waals surface area contributed by atoms with Gasteiger partial charge < -0.3 is 16.0 Å². The van der Waals surface area contributed by atoms with E-state index in [2.05, 4.69) is 32.8 Å². The van der Waals surface area contributed by atoms with Crippen LogP contribution in [0.25, 0.3) is 0 Å². The third-order valence-corrected chi connectivity index (χ3v) is 4.66. The van der Waals surface area contributed by atoms with Gasteiger partial charge in [-0.05, 0) is 44.0 Å². The summed E-state index contributed by atoms with van der Waals surface area (Å²) in [4.78, 5) is 18.6. The first-order valence-corrected chi connectivity index (χ1v) is 9.36. The molecule has 1 aromatic carbocycles. The lowest BCUT2D eigenvalue weighted by Crippen LogP contribution is -2.47. The molecule has 1 amide bonds. The first-order valence-electron chi connectivity index (χ1n) is 9.36. The summed E-state index contributed by atoms with van der Waals surface area (Å²) in [5.74, 6) is -0.0404. The molecule has 0 aromatic heterocycles. The van der Waals surface area contributed by atoms with Gasteiger partial charge in [0, 0.05) is 31.9 Å². The summed E-state index contributed by atoms with van der Waals surface area (Å²) < 4.78 is 13.1. The lowest BCUT2D eigenvalue weighted by Gasteiger charge is -2.35. The van der Waals surface area contributed by atoms with Crippen LogP contribution in [-0.4, -0.2) is 56.0 Å². The highest BCUT2D eigenvalue weighted by Crippen LogP contribution is 2.18. The predicted molar refractivity (Wildman–Crippen MR) is 104 cm³/mol. The lowest BCUT2D eigenvalue weighted by molar-refractivity contribution is -0.115. The number of amides is 1. The van der Waals surface area contributed by atoms with Crippen molar-refractivity contribution in [2.75, 3.05) is 38.5 Å². The Hall–Kier alpha value is -2.15. The van der Waals surface area contributed by atoms with Crippen LogP contribution in [0, 0.1) is 5.82 Å². The standard InChI is InChI=1S/C19H30FN5O/c1-3-17-9-4-5-11-25(17)12-10-22-19(21-2)23-14-18(26)24-16-8-6-7-15(20)13-16/h6-8,13,17H,3-5,9-12,14H2,1-2H3,(H,24,26)(H2,21,22,23). The van der Waals surface area contributed by atoms with E-state index in [1.165, 1.54) is 37.8 Å². The fourth-order valence-corrected chi connectivity index (χ4v) is 3.29. The topological polar surface area (TPSA) is 68.8 Å². The zero-order chi connectivity index (χ0) is 18.8. The molecule has 1 heterocycles. The minimum atomic E-state index is -0.378. The van der Waals surface area contributed by atoms with Gasteiger partial charge in [0.1, 0.15) is 5.82 Å². The van der Waals surface area contributed by atoms with Crippen LogP contribution in [-0.2, 0) is 4.79 Å². The highest BCUT2D eigenvalue weighted by atomic mass is 19.1. The fourth-order valence-electron chi connectivity index (χ4n) is 3.29. The van der Waals surface area contributed by atoms with Gasteiger partial charge in [0.05, 0.1) is 6.54 Å². The van der Waals surface area contributed by atoms with Gasteiger partial charge in [-0.2, -0.15) is 0 Å². The number of nitrogens with one attached hydrogen (secondary N) is 3. The van der Waals surface area contributed by atoms with E-state index in [0.29, 0.717) is 17.7 Å². The van der Waals surface area contributed by atoms with Crippen LogP contribution in [0.3, 0.4) is 0 Å². The van der Waals surface area contributed by atoms with Crippen LogP contribution in [0.4, 0.5) is 10.1 Å². The van der Waals surface area contributed by atoms with E-state index in [1.807, 2.05) is 0 Å². The van der Waals surface area contributed by atoms with Crippen molar-refractivity contribution in [3.8, 4) is 0 Å². The normalized spacial score (nSPS) is 18.4. The maximum Gasteiger partial charge on any atom is 0.243 e. The summed E-state index contributed by atoms with van der Waals surface area (Å²) in [6.07, 6.45) is 5.06. The molecule has 1 fully saturated rings. The molecule has 144 valence electrons. The summed E-state index contributed by atoms with van der Waals surface area (Å²) in [6, 6.07) is 6.51. The van der Waals surface area contributed by atoms with E-state index < -0.39 is 0 Å². The van der Waals surface area contributed by atoms with Crippen LogP contribution in [0.2, 0.25) is 0 Å². The van der Waals surface area contributed by atoms with Crippen molar-refractivity contribution in [3.05, 3.63) is 30.1 Å². The molecule has 6 nitrogen and oxygen atoms in total. The Labute approximate surface area is 155 Å². The van der Waals surface area contributed by atoms with E-state index in [9.17, 15) is 9.18 Å². The number of hydrogen-bond acceptors (Lipinski definition) is 3. The van der Waals surface area contributed by atoms with Gasteiger partial charge in [-0.25, -0.2) is 4.39 Å². The minimum absolute atomic E-state index is 0.0670. The number of anilines is 1. The molecule has 7 heteroatoms. The van der Waals surface area contributed by atoms with Gasteiger partial charge in [-0.1, -0.05) is 19.4 Å². The Bertz CT molecular complexity index is 607. The molecule has 1 aromatic rings. The van der Waals surface area contributed by atoms with E-state index in [4.69, 9.17) is 0 Å². The van der Waals surface area contributed by atoms with Crippen LogP contribution in [0.15, 0.2) is 29.3 Å². The number of benzene rings is 1. The summed E-state index contributed by atoms with van der Waals surface area (Å²) in [6.45, 7) is 5.21. The number of hydrogen-bond donors (Lipinski definition) is 3. The molecule has 0 bridgehead atoms. The third-order valence-electron chi connectivity index (χ3n) is 4.66. The molecule has 26 heavy (non-hydrogen) atoms. The first-order chi connectivity index (χ1) is 12.6. The second-order valence-electron chi connectivity index (χ2n) is 6.50. The van der Waals surface area contributed by atoms with E-state index in [1.54, 1.807) is 19.2 Å². The molecule has 1 aliphatic heterocycles. The first kappa shape index (κ1) is 20.2. The Kier molecular flexibility index (Phi) is 8.34. The molecule has 1 unspecified atom stereocenters. The number of aliphatic imine (C=N–C) groups is 1. The summed E-state index contributed by atoms with van der Waals surface area (Å²) in [5.41, 5.74) is 0.440. The van der Waals surface area contributed by atoms with Crippen LogP contribution in [0.5, 0.6) is 0 Å². The molecule has 3 N–H and O–H groups in total. The Balaban J connectivity index is 1.69. The Morgan fingerprint density at radius 3 is 2.92 bits per heavy atom. The quantitative estimate of drug-likeness (QED) is 0.513. The second kappa shape index (κ2) is 10.8. The van der Waals surface area contributed by atoms with Gasteiger partial charge in [0.2, 0.25) is 5.91 Å². The van der Waals surface area contributed by atoms with E-state index in [0.717, 1.165) is 19.6 Å². The SMILES string of the molecule is CCC1CCCCN1CCNC(=NC)NCC(=O)Nc1cccc(F)c1. The number of guanidine groups is 1. The predicted octanol–water partition coefficient (Wildman–Crippen LogP) is 2.19. The summed E-state index contributed by atoms with van der Waals surface area (Å²) >= 11 is 0. The molecule has 1 atom stereocenters. The van der Waals surface area contributed by atoms with Crippen molar-refractivity contribution in [2.24, 2.45) is 4.99 Å². The summed E-state index contributed by atoms with van der Waals surface area (Å²) in [5, 5.41) is 8.88. The number of piperidine rings is 1. The molecular weight excluding hydrogens is 333 g/mol. The molecule has 0 spiro atoms. The fraction of sp³-hybridized carbons (Fsp3) is 0.579. The number of carbonyl (C=O) groups excluding carboxylic acids is 1. The Morgan fingerprint density at radius 2 is 2.19 bits per heavy atom. The molecule has 2 rings (SSSR count). The van der Waals surface area contributed by atoms with Gasteiger partial charge >= 0.3 is 0 Å². The van der Waals surface area contributed by atoms with Crippen molar-refractivity contribution >= 4 is 17.6 Å². The average Bonchev–Trinajstić information content (AvgIpc) is 2.64. The van der Waals surface area contributed by atoms with Gasteiger partial charge in [-0.15, -0.1) is 0 Å². The van der Waals surface area contributed by atoms with Crippen LogP contribution in [0.1, 0.15) is 32.6 Å². The molecule has 0 radical (unpaired) electrons. The number of halogens is 1. The van der Waals surface area contributed by atoms with Crippen molar-refractivity contribution in [2.45, 2.75) is 38.6 Å². The Morgan fingerprint density at radius 1 is 1.35 bits per heavy atom. The molecular formula is C19H30FN5O. The van der Waals surface area contributed by atoms with Crippen LogP contribution >= 0.6 is 0 Å². The average molecular weight is 363 g/mol. The maximum absolute atomic E-state index is 13.1. The molecule has 1 aliphatic rings. The number of nitrogens with zero attached hydrogens (tertiary/aromatic N) is 2. The van der Waals surface area contributed by atoms with Crippen molar-refractivity contribution < 1.29 is 9.18 Å². The van der Waals surface area contributed by atoms with Crippen molar-refractivity contribution in [1.29, 1.82) is 0 Å². The lowest BCUT2D eigenvalue weighted by atomic mass is 10.0. The third kappa shape index (κ3) is 6.63. The smallest absolute Gasteiger partial charge is 0.243 e. The molecule has 0 aliphatic carbocycles. The van der Waals surface area contributed by atoms with Crippen LogP contribution < -0.4 is 16.0 Å². The number of rotatable bonds is 7. The highest BCUT2D eigenvalue weighted by Gasteiger charge is 2.19. The largest absolute Gasteiger partial charge is 0.355 e.